The SMILES string of the molecule is C1CCCCC1.Fc1ccccc1C#Cc1ccccc1. The summed E-state index contributed by atoms with van der Waals surface area (Å²) in [6, 6.07) is 16.0. The van der Waals surface area contributed by atoms with Gasteiger partial charge in [-0.05, 0) is 24.3 Å². The van der Waals surface area contributed by atoms with Crippen LogP contribution in [0.1, 0.15) is 49.7 Å². The zero-order valence-corrected chi connectivity index (χ0v) is 12.3. The molecular formula is C20H21F. The van der Waals surface area contributed by atoms with Crippen LogP contribution in [0.5, 0.6) is 0 Å². The number of rotatable bonds is 0. The summed E-state index contributed by atoms with van der Waals surface area (Å²) in [6.07, 6.45) is 9.00. The van der Waals surface area contributed by atoms with Gasteiger partial charge in [-0.3, -0.25) is 0 Å². The lowest BCUT2D eigenvalue weighted by Gasteiger charge is -2.05. The maximum atomic E-state index is 13.2. The second kappa shape index (κ2) is 8.97. The van der Waals surface area contributed by atoms with E-state index in [1.54, 1.807) is 18.2 Å². The van der Waals surface area contributed by atoms with E-state index < -0.39 is 0 Å². The van der Waals surface area contributed by atoms with E-state index in [2.05, 4.69) is 11.8 Å². The zero-order chi connectivity index (χ0) is 14.8. The van der Waals surface area contributed by atoms with Crippen LogP contribution in [0.3, 0.4) is 0 Å². The summed E-state index contributed by atoms with van der Waals surface area (Å²) < 4.78 is 13.2. The Morgan fingerprint density at radius 3 is 1.71 bits per heavy atom. The smallest absolute Gasteiger partial charge is 0.138 e. The predicted molar refractivity (Wildman–Crippen MR) is 86.5 cm³/mol. The minimum absolute atomic E-state index is 0.277. The molecule has 0 amide bonds. The summed E-state index contributed by atoms with van der Waals surface area (Å²) in [7, 11) is 0. The Morgan fingerprint density at radius 2 is 1.14 bits per heavy atom. The van der Waals surface area contributed by atoms with Crippen molar-refractivity contribution in [3.05, 3.63) is 71.5 Å². The fourth-order valence-corrected chi connectivity index (χ4v) is 2.28. The molecule has 1 fully saturated rings. The Hall–Kier alpha value is -2.07. The van der Waals surface area contributed by atoms with Gasteiger partial charge in [0.1, 0.15) is 5.82 Å². The van der Waals surface area contributed by atoms with Crippen molar-refractivity contribution in [3.8, 4) is 11.8 Å². The molecule has 0 aliphatic heterocycles. The number of hydrogen-bond donors (Lipinski definition) is 0. The first-order valence-corrected chi connectivity index (χ1v) is 7.68. The molecule has 2 aromatic rings. The van der Waals surface area contributed by atoms with E-state index in [1.165, 1.54) is 44.6 Å². The summed E-state index contributed by atoms with van der Waals surface area (Å²) in [5, 5.41) is 0. The van der Waals surface area contributed by atoms with E-state index >= 15 is 0 Å². The van der Waals surface area contributed by atoms with Crippen LogP contribution in [0.15, 0.2) is 54.6 Å². The van der Waals surface area contributed by atoms with Gasteiger partial charge >= 0.3 is 0 Å². The molecule has 21 heavy (non-hydrogen) atoms. The average molecular weight is 280 g/mol. The first-order chi connectivity index (χ1) is 10.4. The van der Waals surface area contributed by atoms with Crippen LogP contribution in [0, 0.1) is 17.7 Å². The van der Waals surface area contributed by atoms with Gasteiger partial charge in [-0.1, -0.05) is 80.7 Å². The molecule has 0 unspecified atom stereocenters. The van der Waals surface area contributed by atoms with Crippen molar-refractivity contribution in [3.63, 3.8) is 0 Å². The van der Waals surface area contributed by atoms with Gasteiger partial charge in [0, 0.05) is 5.56 Å². The van der Waals surface area contributed by atoms with Gasteiger partial charge < -0.3 is 0 Å². The Kier molecular flexibility index (Phi) is 6.55. The van der Waals surface area contributed by atoms with Crippen molar-refractivity contribution < 1.29 is 4.39 Å². The van der Waals surface area contributed by atoms with E-state index in [9.17, 15) is 4.39 Å². The molecule has 0 spiro atoms. The van der Waals surface area contributed by atoms with Gasteiger partial charge in [0.2, 0.25) is 0 Å². The Labute approximate surface area is 127 Å². The maximum absolute atomic E-state index is 13.2. The molecule has 1 aliphatic carbocycles. The van der Waals surface area contributed by atoms with E-state index in [4.69, 9.17) is 0 Å². The number of hydrogen-bond acceptors (Lipinski definition) is 0. The quantitative estimate of drug-likeness (QED) is 0.554. The van der Waals surface area contributed by atoms with Crippen LogP contribution in [-0.4, -0.2) is 0 Å². The second-order valence-electron chi connectivity index (χ2n) is 5.22. The summed E-state index contributed by atoms with van der Waals surface area (Å²) in [5.41, 5.74) is 1.32. The molecule has 0 radical (unpaired) electrons. The predicted octanol–water partition coefficient (Wildman–Crippen LogP) is 5.57. The second-order valence-corrected chi connectivity index (χ2v) is 5.22. The van der Waals surface area contributed by atoms with Gasteiger partial charge in [0.15, 0.2) is 0 Å². The first kappa shape index (κ1) is 15.3. The molecule has 2 aromatic carbocycles. The van der Waals surface area contributed by atoms with Crippen LogP contribution in [0.4, 0.5) is 4.39 Å². The Bertz CT molecular complexity index is 574. The van der Waals surface area contributed by atoms with Crippen LogP contribution < -0.4 is 0 Å². The van der Waals surface area contributed by atoms with Crippen molar-refractivity contribution >= 4 is 0 Å². The molecular weight excluding hydrogens is 259 g/mol. The summed E-state index contributed by atoms with van der Waals surface area (Å²) >= 11 is 0. The standard InChI is InChI=1S/C14H9F.C6H12/c15-14-9-5-4-8-13(14)11-10-12-6-2-1-3-7-12;1-2-4-6-5-3-1/h1-9H;1-6H2. The largest absolute Gasteiger partial charge is 0.206 e. The molecule has 0 heterocycles. The van der Waals surface area contributed by atoms with Crippen molar-refractivity contribution in [2.24, 2.45) is 0 Å². The average Bonchev–Trinajstić information content (AvgIpc) is 2.57. The van der Waals surface area contributed by atoms with E-state index in [0.29, 0.717) is 5.56 Å². The van der Waals surface area contributed by atoms with Crippen LogP contribution in [0.25, 0.3) is 0 Å². The Morgan fingerprint density at radius 1 is 0.619 bits per heavy atom. The van der Waals surface area contributed by atoms with Crippen molar-refractivity contribution in [1.82, 2.24) is 0 Å². The molecule has 1 saturated carbocycles. The molecule has 1 heteroatoms. The molecule has 108 valence electrons. The molecule has 3 rings (SSSR count). The minimum atomic E-state index is -0.277. The van der Waals surface area contributed by atoms with Crippen LogP contribution in [0.2, 0.25) is 0 Å². The van der Waals surface area contributed by atoms with E-state index in [1.807, 2.05) is 30.3 Å². The molecule has 0 aromatic heterocycles. The third-order valence-electron chi connectivity index (χ3n) is 3.49. The van der Waals surface area contributed by atoms with Crippen LogP contribution in [-0.2, 0) is 0 Å². The monoisotopic (exact) mass is 280 g/mol. The highest BCUT2D eigenvalue weighted by Gasteiger charge is 1.95. The van der Waals surface area contributed by atoms with E-state index in [-0.39, 0.29) is 5.82 Å². The lowest BCUT2D eigenvalue weighted by Crippen LogP contribution is -1.85. The highest BCUT2D eigenvalue weighted by atomic mass is 19.1. The first-order valence-electron chi connectivity index (χ1n) is 7.68. The summed E-state index contributed by atoms with van der Waals surface area (Å²) in [6.45, 7) is 0. The third kappa shape index (κ3) is 5.83. The fraction of sp³-hybridized carbons (Fsp3) is 0.300. The number of benzene rings is 2. The highest BCUT2D eigenvalue weighted by molar-refractivity contribution is 5.42. The van der Waals surface area contributed by atoms with Gasteiger partial charge in [-0.15, -0.1) is 0 Å². The summed E-state index contributed by atoms with van der Waals surface area (Å²) in [5.74, 6) is 5.44. The molecule has 1 aliphatic rings. The number of halogens is 1. The third-order valence-corrected chi connectivity index (χ3v) is 3.49. The minimum Gasteiger partial charge on any atom is -0.206 e. The van der Waals surface area contributed by atoms with Crippen molar-refractivity contribution in [1.29, 1.82) is 0 Å². The van der Waals surface area contributed by atoms with Crippen molar-refractivity contribution in [2.75, 3.05) is 0 Å². The lowest BCUT2D eigenvalue weighted by atomic mass is 10.0. The summed E-state index contributed by atoms with van der Waals surface area (Å²) in [4.78, 5) is 0. The highest BCUT2D eigenvalue weighted by Crippen LogP contribution is 2.15. The topological polar surface area (TPSA) is 0 Å². The van der Waals surface area contributed by atoms with Gasteiger partial charge in [-0.25, -0.2) is 4.39 Å². The fourth-order valence-electron chi connectivity index (χ4n) is 2.28. The van der Waals surface area contributed by atoms with Gasteiger partial charge in [0.25, 0.3) is 0 Å². The zero-order valence-electron chi connectivity index (χ0n) is 12.3. The van der Waals surface area contributed by atoms with Crippen LogP contribution >= 0.6 is 0 Å². The molecule has 0 saturated heterocycles. The molecule has 0 atom stereocenters. The van der Waals surface area contributed by atoms with Gasteiger partial charge in [-0.2, -0.15) is 0 Å². The maximum Gasteiger partial charge on any atom is 0.138 e. The Balaban J connectivity index is 0.000000225. The molecule has 0 bridgehead atoms. The van der Waals surface area contributed by atoms with Crippen molar-refractivity contribution in [2.45, 2.75) is 38.5 Å². The lowest BCUT2D eigenvalue weighted by molar-refractivity contribution is 0.504. The van der Waals surface area contributed by atoms with E-state index in [0.717, 1.165) is 5.56 Å². The van der Waals surface area contributed by atoms with Gasteiger partial charge in [0.05, 0.1) is 5.56 Å². The molecule has 0 nitrogen and oxygen atoms in total. The molecule has 0 N–H and O–H groups in total. The normalized spacial score (nSPS) is 13.4.